The number of fused-ring (bicyclic) bond motifs is 1. The Labute approximate surface area is 179 Å². The standard InChI is InChI=1S/C20H15N3O3S3/c1-2-26-18(25)12-8-10-14(11-9-12)22-16-15(29-20(22)28)17(24)23(19(27)21-16)13-6-4-3-5-7-13/h3-11H,2H2,1H3,(H,21,27). The van der Waals surface area contributed by atoms with E-state index in [1.54, 1.807) is 35.8 Å². The summed E-state index contributed by atoms with van der Waals surface area (Å²) in [7, 11) is 0. The van der Waals surface area contributed by atoms with Crippen molar-refractivity contribution in [3.8, 4) is 11.4 Å². The molecule has 146 valence electrons. The molecule has 2 aromatic heterocycles. The molecule has 0 aliphatic carbocycles. The zero-order valence-electron chi connectivity index (χ0n) is 15.2. The van der Waals surface area contributed by atoms with Crippen LogP contribution in [0.5, 0.6) is 0 Å². The molecule has 4 rings (SSSR count). The first-order valence-electron chi connectivity index (χ1n) is 8.75. The zero-order valence-corrected chi connectivity index (χ0v) is 17.7. The summed E-state index contributed by atoms with van der Waals surface area (Å²) in [5, 5.41) is 0. The van der Waals surface area contributed by atoms with Crippen LogP contribution in [0.3, 0.4) is 0 Å². The van der Waals surface area contributed by atoms with Crippen LogP contribution in [0, 0.1) is 8.73 Å². The molecule has 2 heterocycles. The van der Waals surface area contributed by atoms with E-state index in [0.717, 1.165) is 5.69 Å². The third-order valence-electron chi connectivity index (χ3n) is 4.29. The highest BCUT2D eigenvalue weighted by molar-refractivity contribution is 7.73. The van der Waals surface area contributed by atoms with Gasteiger partial charge in [-0.3, -0.25) is 13.9 Å². The van der Waals surface area contributed by atoms with Gasteiger partial charge in [-0.25, -0.2) is 4.79 Å². The Morgan fingerprint density at radius 3 is 2.34 bits per heavy atom. The second-order valence-corrected chi connectivity index (χ2v) is 8.09. The lowest BCUT2D eigenvalue weighted by Gasteiger charge is -2.09. The second kappa shape index (κ2) is 7.86. The molecule has 2 aromatic carbocycles. The van der Waals surface area contributed by atoms with Gasteiger partial charge in [-0.05, 0) is 67.8 Å². The lowest BCUT2D eigenvalue weighted by Crippen LogP contribution is -2.20. The first-order valence-corrected chi connectivity index (χ1v) is 10.4. The molecule has 0 bridgehead atoms. The van der Waals surface area contributed by atoms with Crippen molar-refractivity contribution < 1.29 is 9.53 Å². The van der Waals surface area contributed by atoms with Gasteiger partial charge in [-0.15, -0.1) is 0 Å². The van der Waals surface area contributed by atoms with Crippen molar-refractivity contribution in [3.05, 3.63) is 79.2 Å². The number of rotatable bonds is 4. The molecule has 1 N–H and O–H groups in total. The molecule has 9 heteroatoms. The maximum Gasteiger partial charge on any atom is 0.338 e. The number of hydrogen-bond donors (Lipinski definition) is 1. The van der Waals surface area contributed by atoms with Crippen LogP contribution in [0.4, 0.5) is 0 Å². The molecule has 6 nitrogen and oxygen atoms in total. The summed E-state index contributed by atoms with van der Waals surface area (Å²) in [5.41, 5.74) is 2.15. The number of ether oxygens (including phenoxy) is 1. The number of nitrogens with zero attached hydrogens (tertiary/aromatic N) is 2. The first kappa shape index (κ1) is 19.4. The largest absolute Gasteiger partial charge is 0.462 e. The molecule has 0 saturated carbocycles. The molecule has 0 fully saturated rings. The number of carbonyl (C=O) groups excluding carboxylic acids is 1. The Kier molecular flexibility index (Phi) is 5.27. The lowest BCUT2D eigenvalue weighted by atomic mass is 10.2. The SMILES string of the molecule is CCOC(=O)c1ccc(-n2c(=S)sc3c(=O)n(-c4ccccc4)c(=S)[nH]c32)cc1. The quantitative estimate of drug-likeness (QED) is 0.364. The van der Waals surface area contributed by atoms with E-state index < -0.39 is 0 Å². The minimum absolute atomic E-state index is 0.229. The monoisotopic (exact) mass is 441 g/mol. The number of carbonyl (C=O) groups is 1. The predicted molar refractivity (Wildman–Crippen MR) is 119 cm³/mol. The van der Waals surface area contributed by atoms with Crippen LogP contribution < -0.4 is 5.56 Å². The average Bonchev–Trinajstić information content (AvgIpc) is 3.05. The molecule has 0 radical (unpaired) electrons. The van der Waals surface area contributed by atoms with Crippen molar-refractivity contribution >= 4 is 52.1 Å². The lowest BCUT2D eigenvalue weighted by molar-refractivity contribution is 0.0526. The number of nitrogens with one attached hydrogen (secondary N) is 1. The number of para-hydroxylation sites is 1. The summed E-state index contributed by atoms with van der Waals surface area (Å²) in [6, 6.07) is 16.1. The summed E-state index contributed by atoms with van der Waals surface area (Å²) < 4.78 is 9.46. The number of aromatic nitrogens is 3. The van der Waals surface area contributed by atoms with Crippen molar-refractivity contribution in [3.63, 3.8) is 0 Å². The third-order valence-corrected chi connectivity index (χ3v) is 5.93. The second-order valence-electron chi connectivity index (χ2n) is 6.05. The van der Waals surface area contributed by atoms with Gasteiger partial charge in [-0.1, -0.05) is 29.5 Å². The highest BCUT2D eigenvalue weighted by Gasteiger charge is 2.15. The van der Waals surface area contributed by atoms with Gasteiger partial charge >= 0.3 is 5.97 Å². The maximum atomic E-state index is 13.1. The van der Waals surface area contributed by atoms with Gasteiger partial charge in [0.15, 0.2) is 8.73 Å². The van der Waals surface area contributed by atoms with Gasteiger partial charge < -0.3 is 9.72 Å². The van der Waals surface area contributed by atoms with E-state index in [9.17, 15) is 9.59 Å². The Balaban J connectivity index is 1.89. The minimum Gasteiger partial charge on any atom is -0.462 e. The van der Waals surface area contributed by atoms with Crippen molar-refractivity contribution in [1.29, 1.82) is 0 Å². The Hall–Kier alpha value is -2.88. The van der Waals surface area contributed by atoms with Crippen molar-refractivity contribution in [2.45, 2.75) is 6.92 Å². The fourth-order valence-corrected chi connectivity index (χ4v) is 4.60. The normalized spacial score (nSPS) is 10.9. The summed E-state index contributed by atoms with van der Waals surface area (Å²) in [6.45, 7) is 2.07. The van der Waals surface area contributed by atoms with Crippen LogP contribution in [0.1, 0.15) is 17.3 Å². The average molecular weight is 442 g/mol. The van der Waals surface area contributed by atoms with Crippen LogP contribution in [0.25, 0.3) is 21.7 Å². The van der Waals surface area contributed by atoms with E-state index in [-0.39, 0.29) is 16.3 Å². The van der Waals surface area contributed by atoms with Gasteiger partial charge in [-0.2, -0.15) is 0 Å². The number of thiazole rings is 1. The molecule has 0 aliphatic heterocycles. The Morgan fingerprint density at radius 2 is 1.69 bits per heavy atom. The highest BCUT2D eigenvalue weighted by Crippen LogP contribution is 2.24. The van der Waals surface area contributed by atoms with Crippen molar-refractivity contribution in [2.24, 2.45) is 0 Å². The van der Waals surface area contributed by atoms with Crippen molar-refractivity contribution in [1.82, 2.24) is 14.1 Å². The third kappa shape index (κ3) is 3.48. The minimum atomic E-state index is -0.386. The molecule has 29 heavy (non-hydrogen) atoms. The molecule has 0 amide bonds. The Bertz CT molecular complexity index is 1380. The topological polar surface area (TPSA) is 69.0 Å². The highest BCUT2D eigenvalue weighted by atomic mass is 32.1. The summed E-state index contributed by atoms with van der Waals surface area (Å²) >= 11 is 12.2. The number of H-pyrrole nitrogens is 1. The maximum absolute atomic E-state index is 13.1. The fraction of sp³-hybridized carbons (Fsp3) is 0.100. The molecule has 0 aliphatic rings. The van der Waals surface area contributed by atoms with Crippen LogP contribution in [0.15, 0.2) is 59.4 Å². The van der Waals surface area contributed by atoms with Gasteiger partial charge in [0, 0.05) is 5.69 Å². The number of benzene rings is 2. The molecular weight excluding hydrogens is 426 g/mol. The number of esters is 1. The first-order chi connectivity index (χ1) is 14.0. The predicted octanol–water partition coefficient (Wildman–Crippen LogP) is 4.81. The summed E-state index contributed by atoms with van der Waals surface area (Å²) in [6.07, 6.45) is 0. The van der Waals surface area contributed by atoms with Gasteiger partial charge in [0.2, 0.25) is 0 Å². The van der Waals surface area contributed by atoms with E-state index >= 15 is 0 Å². The van der Waals surface area contributed by atoms with Crippen molar-refractivity contribution in [2.75, 3.05) is 6.61 Å². The molecule has 0 atom stereocenters. The number of hydrogen-bond acceptors (Lipinski definition) is 6. The van der Waals surface area contributed by atoms with E-state index in [1.807, 2.05) is 30.3 Å². The fourth-order valence-electron chi connectivity index (χ4n) is 2.99. The van der Waals surface area contributed by atoms with Crippen LogP contribution in [0.2, 0.25) is 0 Å². The smallest absolute Gasteiger partial charge is 0.338 e. The van der Waals surface area contributed by atoms with E-state index in [1.165, 1.54) is 15.9 Å². The number of aromatic amines is 1. The Morgan fingerprint density at radius 1 is 1.03 bits per heavy atom. The molecule has 4 aromatic rings. The van der Waals surface area contributed by atoms with E-state index in [4.69, 9.17) is 29.2 Å². The van der Waals surface area contributed by atoms with Crippen LogP contribution >= 0.6 is 35.8 Å². The van der Waals surface area contributed by atoms with Crippen LogP contribution in [-0.4, -0.2) is 26.7 Å². The van der Waals surface area contributed by atoms with Crippen LogP contribution in [-0.2, 0) is 4.74 Å². The molecular formula is C20H15N3O3S3. The van der Waals surface area contributed by atoms with E-state index in [2.05, 4.69) is 4.98 Å². The van der Waals surface area contributed by atoms with Gasteiger partial charge in [0.25, 0.3) is 5.56 Å². The van der Waals surface area contributed by atoms with Gasteiger partial charge in [0.05, 0.1) is 17.9 Å². The molecule has 0 unspecified atom stereocenters. The van der Waals surface area contributed by atoms with Gasteiger partial charge in [0.1, 0.15) is 10.3 Å². The molecule has 0 saturated heterocycles. The summed E-state index contributed by atoms with van der Waals surface area (Å²) in [4.78, 5) is 28.1. The zero-order chi connectivity index (χ0) is 20.5. The van der Waals surface area contributed by atoms with E-state index in [0.29, 0.717) is 32.2 Å². The summed E-state index contributed by atoms with van der Waals surface area (Å²) in [5.74, 6) is -0.386. The molecule has 0 spiro atoms.